The van der Waals surface area contributed by atoms with Crippen LogP contribution in [-0.4, -0.2) is 79.1 Å². The molecule has 1 aliphatic heterocycles. The number of ether oxygens (including phenoxy) is 2. The Morgan fingerprint density at radius 2 is 1.98 bits per heavy atom. The van der Waals surface area contributed by atoms with Crippen molar-refractivity contribution in [3.8, 4) is 5.75 Å². The predicted molar refractivity (Wildman–Crippen MR) is 159 cm³/mol. The second kappa shape index (κ2) is 10.9. The van der Waals surface area contributed by atoms with Gasteiger partial charge in [-0.05, 0) is 60.6 Å². The highest BCUT2D eigenvalue weighted by Gasteiger charge is 2.70. The molecule has 0 amide bonds. The topological polar surface area (TPSA) is 143 Å². The number of benzene rings is 1. The SMILES string of the molecule is C=C[C@]1(C)C[C@@H](OC(=O)COc2ccc3c(c2F)B(O)N(S(C)(=O)=O)N=C3)[C@@]2(C)[C@@H]3C(=O)[C@@H](F)C[C@@]3(CC[C@@H]2C)[C@@H](C)[C@@H]1O. The standard InChI is InChI=1S/C30H39BF2N2O8S/c1-7-28(4)13-21(29(5)16(2)10-11-30(17(3)27(28)38)12-19(32)25(37)26(29)30)43-22(36)15-42-20-9-8-18-14-34-35(44(6,40)41)31(39)23(18)24(20)33/h7-9,14,16-17,19,21,26-27,38-39H,1,10-13,15H2,2-6H3/t16-,17-,19-,21+,26-,27-,28+,29-,30-/m0/s1. The number of hydrogen-bond acceptors (Lipinski definition) is 9. The zero-order chi connectivity index (χ0) is 32.6. The number of aliphatic hydroxyl groups excluding tert-OH is 1. The lowest BCUT2D eigenvalue weighted by molar-refractivity contribution is -0.207. The molecule has 0 saturated heterocycles. The Hall–Kier alpha value is -2.84. The number of hydrazone groups is 1. The number of nitrogens with zero attached hydrogens (tertiary/aromatic N) is 2. The molecule has 3 saturated carbocycles. The van der Waals surface area contributed by atoms with Crippen LogP contribution >= 0.6 is 0 Å². The molecule has 4 aliphatic rings. The fourth-order valence-corrected chi connectivity index (χ4v) is 9.10. The van der Waals surface area contributed by atoms with E-state index in [-0.39, 0.29) is 29.8 Å². The summed E-state index contributed by atoms with van der Waals surface area (Å²) >= 11 is 0. The number of fused-ring (bicyclic) bond motifs is 1. The Morgan fingerprint density at radius 3 is 2.61 bits per heavy atom. The zero-order valence-electron chi connectivity index (χ0n) is 25.5. The third kappa shape index (κ3) is 4.79. The van der Waals surface area contributed by atoms with Crippen molar-refractivity contribution in [3.05, 3.63) is 36.2 Å². The van der Waals surface area contributed by atoms with E-state index >= 15 is 8.78 Å². The number of aliphatic hydroxyl groups is 1. The van der Waals surface area contributed by atoms with Gasteiger partial charge in [-0.25, -0.2) is 26.3 Å². The molecular weight excluding hydrogens is 597 g/mol. The van der Waals surface area contributed by atoms with Gasteiger partial charge in [0.1, 0.15) is 6.10 Å². The first-order valence-corrected chi connectivity index (χ1v) is 16.6. The lowest BCUT2D eigenvalue weighted by Crippen LogP contribution is -2.63. The second-order valence-electron chi connectivity index (χ2n) is 13.5. The molecule has 9 atom stereocenters. The molecule has 2 N–H and O–H groups in total. The quantitative estimate of drug-likeness (QED) is 0.276. The number of rotatable bonds is 6. The number of halogens is 2. The molecule has 1 heterocycles. The van der Waals surface area contributed by atoms with Crippen LogP contribution < -0.4 is 10.2 Å². The van der Waals surface area contributed by atoms with Crippen LogP contribution in [0.25, 0.3) is 0 Å². The van der Waals surface area contributed by atoms with Gasteiger partial charge < -0.3 is 19.6 Å². The number of sulfonamides is 1. The molecule has 10 nitrogen and oxygen atoms in total. The van der Waals surface area contributed by atoms with Crippen LogP contribution in [0, 0.1) is 39.8 Å². The van der Waals surface area contributed by atoms with Gasteiger partial charge in [-0.2, -0.15) is 5.10 Å². The highest BCUT2D eigenvalue weighted by atomic mass is 32.2. The number of ketones is 1. The van der Waals surface area contributed by atoms with E-state index in [9.17, 15) is 28.1 Å². The summed E-state index contributed by atoms with van der Waals surface area (Å²) in [4.78, 5) is 26.8. The van der Waals surface area contributed by atoms with Gasteiger partial charge in [-0.15, -0.1) is 6.58 Å². The minimum atomic E-state index is -4.01. The van der Waals surface area contributed by atoms with Gasteiger partial charge in [0.25, 0.3) is 0 Å². The van der Waals surface area contributed by atoms with Crippen molar-refractivity contribution in [1.82, 2.24) is 4.33 Å². The Balaban J connectivity index is 1.44. The summed E-state index contributed by atoms with van der Waals surface area (Å²) in [5.74, 6) is -4.25. The molecule has 44 heavy (non-hydrogen) atoms. The number of carbonyl (C=O) groups is 2. The molecule has 5 rings (SSSR count). The van der Waals surface area contributed by atoms with Crippen LogP contribution in [0.1, 0.15) is 58.9 Å². The summed E-state index contributed by atoms with van der Waals surface area (Å²) in [6.07, 6.45) is 1.23. The van der Waals surface area contributed by atoms with Crippen LogP contribution in [0.2, 0.25) is 0 Å². The molecule has 0 unspecified atom stereocenters. The van der Waals surface area contributed by atoms with Crippen LogP contribution in [0.3, 0.4) is 0 Å². The van der Waals surface area contributed by atoms with Crippen molar-refractivity contribution >= 4 is 40.5 Å². The molecule has 3 aliphatic carbocycles. The van der Waals surface area contributed by atoms with Crippen LogP contribution in [-0.2, 0) is 24.3 Å². The van der Waals surface area contributed by atoms with Crippen LogP contribution in [0.15, 0.2) is 29.9 Å². The van der Waals surface area contributed by atoms with E-state index in [2.05, 4.69) is 11.7 Å². The molecule has 0 spiro atoms. The van der Waals surface area contributed by atoms with E-state index in [1.165, 1.54) is 12.1 Å². The highest BCUT2D eigenvalue weighted by molar-refractivity contribution is 7.89. The first-order valence-electron chi connectivity index (χ1n) is 14.8. The predicted octanol–water partition coefficient (Wildman–Crippen LogP) is 2.36. The Bertz CT molecular complexity index is 1530. The molecule has 0 radical (unpaired) electrons. The number of alkyl halides is 1. The molecule has 3 fully saturated rings. The fourth-order valence-electron chi connectivity index (χ4n) is 8.41. The van der Waals surface area contributed by atoms with Gasteiger partial charge in [0.05, 0.1) is 18.6 Å². The van der Waals surface area contributed by atoms with E-state index in [4.69, 9.17) is 9.47 Å². The molecule has 1 aromatic rings. The Morgan fingerprint density at radius 1 is 1.30 bits per heavy atom. The first-order chi connectivity index (χ1) is 20.4. The van der Waals surface area contributed by atoms with Gasteiger partial charge in [-0.3, -0.25) is 4.79 Å². The summed E-state index contributed by atoms with van der Waals surface area (Å²) < 4.78 is 66.5. The van der Waals surface area contributed by atoms with Crippen molar-refractivity contribution in [2.24, 2.45) is 39.1 Å². The molecular formula is C30H39BF2N2O8S. The smallest absolute Gasteiger partial charge is 0.479 e. The average Bonchev–Trinajstić information content (AvgIpc) is 3.23. The lowest BCUT2D eigenvalue weighted by atomic mass is 9.44. The molecule has 2 bridgehead atoms. The fraction of sp³-hybridized carbons (Fsp3) is 0.633. The van der Waals surface area contributed by atoms with E-state index < -0.39 is 93.5 Å². The van der Waals surface area contributed by atoms with Gasteiger partial charge in [-0.1, -0.05) is 33.8 Å². The molecule has 1 aromatic carbocycles. The Labute approximate surface area is 256 Å². The Kier molecular flexibility index (Phi) is 8.07. The van der Waals surface area contributed by atoms with Gasteiger partial charge >= 0.3 is 13.0 Å². The summed E-state index contributed by atoms with van der Waals surface area (Å²) in [6.45, 7) is 10.7. The first kappa shape index (κ1) is 32.6. The van der Waals surface area contributed by atoms with Crippen molar-refractivity contribution in [2.75, 3.05) is 12.9 Å². The summed E-state index contributed by atoms with van der Waals surface area (Å²) in [5, 5.41) is 25.8. The monoisotopic (exact) mass is 636 g/mol. The molecule has 240 valence electrons. The van der Waals surface area contributed by atoms with Gasteiger partial charge in [0, 0.05) is 22.2 Å². The normalized spacial score (nSPS) is 38.3. The van der Waals surface area contributed by atoms with Crippen molar-refractivity contribution in [3.63, 3.8) is 0 Å². The minimum absolute atomic E-state index is 0.00103. The maximum absolute atomic E-state index is 15.5. The molecule has 0 aromatic heterocycles. The van der Waals surface area contributed by atoms with Crippen LogP contribution in [0.5, 0.6) is 5.75 Å². The lowest BCUT2D eigenvalue weighted by Gasteiger charge is -2.61. The minimum Gasteiger partial charge on any atom is -0.479 e. The summed E-state index contributed by atoms with van der Waals surface area (Å²) in [6, 6.07) is 2.58. The van der Waals surface area contributed by atoms with Crippen LogP contribution in [0.4, 0.5) is 8.78 Å². The van der Waals surface area contributed by atoms with Crippen molar-refractivity contribution < 1.29 is 46.4 Å². The maximum Gasteiger partial charge on any atom is 0.487 e. The maximum atomic E-state index is 15.5. The average molecular weight is 637 g/mol. The number of carbonyl (C=O) groups excluding carboxylic acids is 2. The molecule has 14 heteroatoms. The third-order valence-corrected chi connectivity index (χ3v) is 12.2. The van der Waals surface area contributed by atoms with Gasteiger partial charge in [0.15, 0.2) is 30.1 Å². The van der Waals surface area contributed by atoms with E-state index in [1.807, 2.05) is 20.8 Å². The van der Waals surface area contributed by atoms with Crippen molar-refractivity contribution in [1.29, 1.82) is 0 Å². The summed E-state index contributed by atoms with van der Waals surface area (Å²) in [5.41, 5.74) is -2.99. The zero-order valence-corrected chi connectivity index (χ0v) is 26.3. The van der Waals surface area contributed by atoms with Crippen molar-refractivity contribution in [2.45, 2.75) is 71.8 Å². The largest absolute Gasteiger partial charge is 0.487 e. The van der Waals surface area contributed by atoms with E-state index in [1.54, 1.807) is 13.0 Å². The van der Waals surface area contributed by atoms with E-state index in [0.29, 0.717) is 17.2 Å². The number of Topliss-reactive ketones (excluding diaryl/α,β-unsaturated/α-hetero) is 1. The number of esters is 1. The number of hydrogen-bond donors (Lipinski definition) is 2. The van der Waals surface area contributed by atoms with E-state index in [0.717, 1.165) is 12.5 Å². The highest BCUT2D eigenvalue weighted by Crippen LogP contribution is 2.68. The second-order valence-corrected chi connectivity index (χ2v) is 15.3. The third-order valence-electron chi connectivity index (χ3n) is 11.2. The summed E-state index contributed by atoms with van der Waals surface area (Å²) in [7, 11) is -5.96. The van der Waals surface area contributed by atoms with Gasteiger partial charge in [0.2, 0.25) is 10.0 Å².